The molecule has 0 saturated heterocycles. The fraction of sp³-hybridized carbons (Fsp3) is 0.942. The normalized spacial score (nSPS) is 14.2. The van der Waals surface area contributed by atoms with Gasteiger partial charge in [-0.05, 0) is 37.5 Å². The molecule has 0 rings (SSSR count). The number of rotatable bonds is 68. The molecule has 0 bridgehead atoms. The van der Waals surface area contributed by atoms with E-state index in [0.717, 1.165) is 102 Å². The van der Waals surface area contributed by atoms with E-state index in [1.807, 2.05) is 0 Å². The predicted molar refractivity (Wildman–Crippen MR) is 354 cm³/mol. The largest absolute Gasteiger partial charge is 0.472 e. The topological polar surface area (TPSA) is 237 Å². The van der Waals surface area contributed by atoms with Crippen LogP contribution >= 0.6 is 15.6 Å². The Balaban J connectivity index is 5.22. The van der Waals surface area contributed by atoms with Gasteiger partial charge in [0.05, 0.1) is 26.4 Å². The fourth-order valence-electron chi connectivity index (χ4n) is 10.4. The maximum absolute atomic E-state index is 13.0. The Bertz CT molecular complexity index is 1720. The van der Waals surface area contributed by atoms with Crippen LogP contribution in [0.4, 0.5) is 0 Å². The molecule has 0 spiro atoms. The van der Waals surface area contributed by atoms with Gasteiger partial charge in [0.15, 0.2) is 12.2 Å². The first-order valence-electron chi connectivity index (χ1n) is 36.0. The summed E-state index contributed by atoms with van der Waals surface area (Å²) in [5.74, 6) is -0.588. The summed E-state index contributed by atoms with van der Waals surface area (Å²) in [6.45, 7) is 9.52. The minimum absolute atomic E-state index is 0.106. The lowest BCUT2D eigenvalue weighted by Crippen LogP contribution is -2.30. The van der Waals surface area contributed by atoms with E-state index in [1.165, 1.54) is 167 Å². The summed E-state index contributed by atoms with van der Waals surface area (Å²) in [4.78, 5) is 72.4. The average Bonchev–Trinajstić information content (AvgIpc) is 3.61. The maximum atomic E-state index is 13.0. The Labute approximate surface area is 537 Å². The van der Waals surface area contributed by atoms with Crippen molar-refractivity contribution in [1.82, 2.24) is 0 Å². The zero-order valence-electron chi connectivity index (χ0n) is 57.0. The van der Waals surface area contributed by atoms with Crippen molar-refractivity contribution >= 4 is 39.5 Å². The van der Waals surface area contributed by atoms with E-state index < -0.39 is 97.5 Å². The number of unbranched alkanes of at least 4 members (excludes halogenated alkanes) is 38. The highest BCUT2D eigenvalue weighted by Crippen LogP contribution is 2.45. The number of aliphatic hydroxyl groups is 1. The second-order valence-electron chi connectivity index (χ2n) is 25.9. The first-order valence-corrected chi connectivity index (χ1v) is 39.0. The number of phosphoric acid groups is 2. The zero-order valence-corrected chi connectivity index (χ0v) is 58.8. The van der Waals surface area contributed by atoms with Gasteiger partial charge in [-0.2, -0.15) is 0 Å². The second-order valence-corrected chi connectivity index (χ2v) is 28.8. The summed E-state index contributed by atoms with van der Waals surface area (Å²) in [6.07, 6.45) is 45.8. The lowest BCUT2D eigenvalue weighted by atomic mass is 10.0. The number of phosphoric ester groups is 2. The van der Waals surface area contributed by atoms with Crippen molar-refractivity contribution in [3.05, 3.63) is 0 Å². The molecule has 5 atom stereocenters. The van der Waals surface area contributed by atoms with E-state index in [9.17, 15) is 43.2 Å². The summed E-state index contributed by atoms with van der Waals surface area (Å²) >= 11 is 0. The molecule has 2 unspecified atom stereocenters. The molecule has 0 radical (unpaired) electrons. The minimum atomic E-state index is -4.95. The Morgan fingerprint density at radius 3 is 0.773 bits per heavy atom. The SMILES string of the molecule is CCCCCCCCCCCCC(=O)O[C@H](COC(=O)CCCCCCCCCCC)COP(=O)(O)OC[C@H](O)COP(=O)(O)OC[C@@H](COC(=O)CCCCCCCCCCCC(C)C)OC(=O)CCCCCCCCCCCCCCCCC(C)C. The highest BCUT2D eigenvalue weighted by molar-refractivity contribution is 7.47. The van der Waals surface area contributed by atoms with Crippen LogP contribution in [0.15, 0.2) is 0 Å². The summed E-state index contributed by atoms with van der Waals surface area (Å²) in [5.41, 5.74) is 0. The second kappa shape index (κ2) is 61.3. The molecular formula is C69H134O17P2. The molecule has 0 aromatic carbocycles. The first kappa shape index (κ1) is 86.1. The highest BCUT2D eigenvalue weighted by atomic mass is 31.2. The summed E-state index contributed by atoms with van der Waals surface area (Å²) in [6, 6.07) is 0. The van der Waals surface area contributed by atoms with E-state index in [-0.39, 0.29) is 25.7 Å². The van der Waals surface area contributed by atoms with Gasteiger partial charge >= 0.3 is 39.5 Å². The van der Waals surface area contributed by atoms with Gasteiger partial charge < -0.3 is 33.8 Å². The number of carbonyl (C=O) groups excluding carboxylic acids is 4. The van der Waals surface area contributed by atoms with Gasteiger partial charge in [-0.15, -0.1) is 0 Å². The van der Waals surface area contributed by atoms with Gasteiger partial charge in [0.2, 0.25) is 0 Å². The van der Waals surface area contributed by atoms with Crippen LogP contribution in [0.1, 0.15) is 350 Å². The van der Waals surface area contributed by atoms with Gasteiger partial charge in [0.1, 0.15) is 19.3 Å². The van der Waals surface area contributed by atoms with Crippen LogP contribution in [-0.4, -0.2) is 96.7 Å². The summed E-state index contributed by atoms with van der Waals surface area (Å²) in [5, 5.41) is 10.6. The van der Waals surface area contributed by atoms with E-state index in [4.69, 9.17) is 37.0 Å². The average molecular weight is 1300 g/mol. The molecule has 0 fully saturated rings. The monoisotopic (exact) mass is 1300 g/mol. The zero-order chi connectivity index (χ0) is 65.0. The number of esters is 4. The quantitative estimate of drug-likeness (QED) is 0.0222. The Hall–Kier alpha value is -1.94. The standard InChI is InChI=1S/C69H134O17P2/c1-7-9-11-13-15-17-28-35-41-47-53-68(73)85-64(57-79-66(71)51-45-39-33-25-16-14-12-10-8-2)59-83-87(75,76)81-55-63(70)56-82-88(77,78)84-60-65(58-80-67(72)52-46-40-34-30-24-27-32-38-44-50-62(5)6)86-69(74)54-48-42-36-29-23-21-19-18-20-22-26-31-37-43-49-61(3)4/h61-65,70H,7-60H2,1-6H3,(H,75,76)(H,77,78)/t63-,64+,65+/m0/s1. The lowest BCUT2D eigenvalue weighted by molar-refractivity contribution is -0.161. The van der Waals surface area contributed by atoms with Gasteiger partial charge in [-0.1, -0.05) is 298 Å². The van der Waals surface area contributed by atoms with Crippen molar-refractivity contribution in [2.45, 2.75) is 368 Å². The van der Waals surface area contributed by atoms with Crippen molar-refractivity contribution < 1.29 is 80.2 Å². The van der Waals surface area contributed by atoms with Crippen LogP contribution in [0.3, 0.4) is 0 Å². The number of hydrogen-bond donors (Lipinski definition) is 3. The molecule has 19 heteroatoms. The molecule has 0 heterocycles. The van der Waals surface area contributed by atoms with E-state index in [1.54, 1.807) is 0 Å². The number of aliphatic hydroxyl groups excluding tert-OH is 1. The fourth-order valence-corrected chi connectivity index (χ4v) is 12.0. The van der Waals surface area contributed by atoms with Crippen molar-refractivity contribution in [3.63, 3.8) is 0 Å². The third-order valence-electron chi connectivity index (χ3n) is 16.0. The summed E-state index contributed by atoms with van der Waals surface area (Å²) in [7, 11) is -9.89. The van der Waals surface area contributed by atoms with Crippen molar-refractivity contribution in [1.29, 1.82) is 0 Å². The molecule has 522 valence electrons. The third kappa shape index (κ3) is 62.8. The van der Waals surface area contributed by atoms with Crippen LogP contribution in [-0.2, 0) is 65.4 Å². The van der Waals surface area contributed by atoms with Crippen LogP contribution in [0.2, 0.25) is 0 Å². The molecule has 0 aliphatic carbocycles. The van der Waals surface area contributed by atoms with Gasteiger partial charge in [0.25, 0.3) is 0 Å². The van der Waals surface area contributed by atoms with Gasteiger partial charge in [-0.3, -0.25) is 37.3 Å². The molecule has 0 aromatic rings. The van der Waals surface area contributed by atoms with Crippen molar-refractivity contribution in [2.75, 3.05) is 39.6 Å². The van der Waals surface area contributed by atoms with Crippen LogP contribution < -0.4 is 0 Å². The van der Waals surface area contributed by atoms with Crippen molar-refractivity contribution in [3.8, 4) is 0 Å². The Morgan fingerprint density at radius 1 is 0.307 bits per heavy atom. The van der Waals surface area contributed by atoms with Gasteiger partial charge in [0, 0.05) is 25.7 Å². The number of ether oxygens (including phenoxy) is 4. The molecule has 88 heavy (non-hydrogen) atoms. The molecule has 0 aliphatic heterocycles. The minimum Gasteiger partial charge on any atom is -0.462 e. The van der Waals surface area contributed by atoms with Crippen LogP contribution in [0, 0.1) is 11.8 Å². The van der Waals surface area contributed by atoms with Crippen LogP contribution in [0.5, 0.6) is 0 Å². The molecule has 0 aliphatic rings. The molecule has 0 amide bonds. The first-order chi connectivity index (χ1) is 42.4. The van der Waals surface area contributed by atoms with Crippen LogP contribution in [0.25, 0.3) is 0 Å². The molecular weight excluding hydrogens is 1160 g/mol. The highest BCUT2D eigenvalue weighted by Gasteiger charge is 2.30. The maximum Gasteiger partial charge on any atom is 0.472 e. The van der Waals surface area contributed by atoms with E-state index in [2.05, 4.69) is 41.5 Å². The molecule has 3 N–H and O–H groups in total. The molecule has 0 saturated carbocycles. The van der Waals surface area contributed by atoms with E-state index >= 15 is 0 Å². The van der Waals surface area contributed by atoms with E-state index in [0.29, 0.717) is 25.7 Å². The predicted octanol–water partition coefficient (Wildman–Crippen LogP) is 19.6. The molecule has 17 nitrogen and oxygen atoms in total. The number of hydrogen-bond acceptors (Lipinski definition) is 15. The Kier molecular flexibility index (Phi) is 59.9. The third-order valence-corrected chi connectivity index (χ3v) is 17.9. The number of carbonyl (C=O) groups is 4. The molecule has 0 aromatic heterocycles. The smallest absolute Gasteiger partial charge is 0.462 e. The lowest BCUT2D eigenvalue weighted by Gasteiger charge is -2.21. The summed E-state index contributed by atoms with van der Waals surface area (Å²) < 4.78 is 68.2. The van der Waals surface area contributed by atoms with Gasteiger partial charge in [-0.25, -0.2) is 9.13 Å². The Morgan fingerprint density at radius 2 is 0.523 bits per heavy atom. The van der Waals surface area contributed by atoms with Crippen molar-refractivity contribution in [2.24, 2.45) is 11.8 Å².